The van der Waals surface area contributed by atoms with E-state index in [-0.39, 0.29) is 5.84 Å². The molecule has 0 aliphatic heterocycles. The van der Waals surface area contributed by atoms with Crippen LogP contribution in [0.2, 0.25) is 0 Å². The molecule has 0 fully saturated rings. The fraction of sp³-hybridized carbons (Fsp3) is 0.143. The summed E-state index contributed by atoms with van der Waals surface area (Å²) >= 11 is 4.80. The monoisotopic (exact) mass is 245 g/mol. The average molecular weight is 246 g/mol. The van der Waals surface area contributed by atoms with E-state index in [0.29, 0.717) is 5.75 Å². The van der Waals surface area contributed by atoms with Gasteiger partial charge in [-0.3, -0.25) is 5.41 Å². The van der Waals surface area contributed by atoms with E-state index in [4.69, 9.17) is 11.1 Å². The van der Waals surface area contributed by atoms with Gasteiger partial charge in [-0.1, -0.05) is 11.8 Å². The number of thioether (sulfide) groups is 1. The summed E-state index contributed by atoms with van der Waals surface area (Å²) in [6.45, 7) is 0. The van der Waals surface area contributed by atoms with Crippen molar-refractivity contribution in [3.63, 3.8) is 0 Å². The quantitative estimate of drug-likeness (QED) is 0.486. The van der Waals surface area contributed by atoms with E-state index < -0.39 is 0 Å². The normalized spacial score (nSPS) is 9.75. The molecule has 0 atom stereocenters. The Morgan fingerprint density at radius 1 is 1.75 bits per heavy atom. The van der Waals surface area contributed by atoms with Crippen molar-refractivity contribution in [1.82, 2.24) is 4.98 Å². The SMILES string of the molecule is N=C(N)CSc1ncccc1Br. The lowest BCUT2D eigenvalue weighted by Crippen LogP contribution is -2.12. The van der Waals surface area contributed by atoms with Crippen molar-refractivity contribution in [3.8, 4) is 0 Å². The lowest BCUT2D eigenvalue weighted by atomic mass is 10.5. The summed E-state index contributed by atoms with van der Waals surface area (Å²) in [4.78, 5) is 4.11. The molecule has 0 aliphatic carbocycles. The number of amidine groups is 1. The van der Waals surface area contributed by atoms with E-state index in [2.05, 4.69) is 20.9 Å². The van der Waals surface area contributed by atoms with Crippen LogP contribution in [0, 0.1) is 5.41 Å². The zero-order chi connectivity index (χ0) is 8.97. The molecule has 0 saturated carbocycles. The molecule has 0 radical (unpaired) electrons. The predicted molar refractivity (Wildman–Crippen MR) is 54.6 cm³/mol. The highest BCUT2D eigenvalue weighted by molar-refractivity contribution is 9.10. The first-order chi connectivity index (χ1) is 5.70. The molecule has 0 aliphatic rings. The third-order valence-electron chi connectivity index (χ3n) is 1.09. The Labute approximate surface area is 83.4 Å². The van der Waals surface area contributed by atoms with Crippen molar-refractivity contribution in [1.29, 1.82) is 5.41 Å². The minimum atomic E-state index is 0.164. The maximum atomic E-state index is 7.03. The van der Waals surface area contributed by atoms with Gasteiger partial charge in [-0.25, -0.2) is 4.98 Å². The maximum Gasteiger partial charge on any atom is 0.111 e. The molecule has 1 heterocycles. The fourth-order valence-electron chi connectivity index (χ4n) is 0.624. The number of nitrogens with two attached hydrogens (primary N) is 1. The maximum absolute atomic E-state index is 7.03. The van der Waals surface area contributed by atoms with Gasteiger partial charge in [0, 0.05) is 10.7 Å². The molecule has 0 amide bonds. The zero-order valence-corrected chi connectivity index (χ0v) is 8.65. The van der Waals surface area contributed by atoms with E-state index in [0.717, 1.165) is 9.50 Å². The summed E-state index contributed by atoms with van der Waals surface area (Å²) in [5.74, 6) is 0.646. The van der Waals surface area contributed by atoms with Crippen LogP contribution in [0.3, 0.4) is 0 Å². The average Bonchev–Trinajstić information content (AvgIpc) is 2.03. The second-order valence-electron chi connectivity index (χ2n) is 2.10. The summed E-state index contributed by atoms with van der Waals surface area (Å²) in [5, 5.41) is 7.90. The lowest BCUT2D eigenvalue weighted by Gasteiger charge is -2.00. The number of nitrogens with zero attached hydrogens (tertiary/aromatic N) is 1. The van der Waals surface area contributed by atoms with E-state index in [1.54, 1.807) is 6.20 Å². The Morgan fingerprint density at radius 2 is 2.50 bits per heavy atom. The van der Waals surface area contributed by atoms with Gasteiger partial charge in [-0.2, -0.15) is 0 Å². The molecule has 0 saturated heterocycles. The second-order valence-corrected chi connectivity index (χ2v) is 3.92. The number of halogens is 1. The van der Waals surface area contributed by atoms with Crippen molar-refractivity contribution in [2.24, 2.45) is 5.73 Å². The molecule has 1 aromatic rings. The smallest absolute Gasteiger partial charge is 0.111 e. The van der Waals surface area contributed by atoms with Gasteiger partial charge in [0.15, 0.2) is 0 Å². The molecule has 0 spiro atoms. The Morgan fingerprint density at radius 3 is 3.08 bits per heavy atom. The standard InChI is InChI=1S/C7H8BrN3S/c8-5-2-1-3-11-7(5)12-4-6(9)10/h1-3H,4H2,(H3,9,10). The van der Waals surface area contributed by atoms with Crippen LogP contribution in [0.1, 0.15) is 0 Å². The van der Waals surface area contributed by atoms with Gasteiger partial charge < -0.3 is 5.73 Å². The molecule has 0 aromatic carbocycles. The van der Waals surface area contributed by atoms with Crippen LogP contribution < -0.4 is 5.73 Å². The molecule has 1 rings (SSSR count). The topological polar surface area (TPSA) is 62.8 Å². The highest BCUT2D eigenvalue weighted by Gasteiger charge is 2.00. The van der Waals surface area contributed by atoms with Crippen LogP contribution in [0.4, 0.5) is 0 Å². The van der Waals surface area contributed by atoms with Gasteiger partial charge in [0.2, 0.25) is 0 Å². The van der Waals surface area contributed by atoms with Crippen LogP contribution in [0.5, 0.6) is 0 Å². The summed E-state index contributed by atoms with van der Waals surface area (Å²) in [6.07, 6.45) is 1.72. The van der Waals surface area contributed by atoms with Gasteiger partial charge in [-0.15, -0.1) is 0 Å². The highest BCUT2D eigenvalue weighted by Crippen LogP contribution is 2.23. The van der Waals surface area contributed by atoms with Crippen molar-refractivity contribution in [3.05, 3.63) is 22.8 Å². The van der Waals surface area contributed by atoms with Crippen LogP contribution in [0.25, 0.3) is 0 Å². The van der Waals surface area contributed by atoms with Gasteiger partial charge in [0.25, 0.3) is 0 Å². The predicted octanol–water partition coefficient (Wildman–Crippen LogP) is 1.87. The van der Waals surface area contributed by atoms with Crippen LogP contribution in [-0.4, -0.2) is 16.6 Å². The molecule has 0 bridgehead atoms. The molecule has 3 nitrogen and oxygen atoms in total. The third kappa shape index (κ3) is 2.83. The first kappa shape index (κ1) is 9.54. The Balaban J connectivity index is 2.63. The Kier molecular flexibility index (Phi) is 3.55. The van der Waals surface area contributed by atoms with Gasteiger partial charge in [-0.05, 0) is 28.1 Å². The Hall–Kier alpha value is -0.550. The minimum Gasteiger partial charge on any atom is -0.387 e. The summed E-state index contributed by atoms with van der Waals surface area (Å²) < 4.78 is 0.941. The molecule has 12 heavy (non-hydrogen) atoms. The number of rotatable bonds is 3. The molecular weight excluding hydrogens is 238 g/mol. The first-order valence-electron chi connectivity index (χ1n) is 3.26. The van der Waals surface area contributed by atoms with Crippen molar-refractivity contribution >= 4 is 33.5 Å². The summed E-state index contributed by atoms with van der Waals surface area (Å²) in [6, 6.07) is 3.76. The third-order valence-corrected chi connectivity index (χ3v) is 3.05. The van der Waals surface area contributed by atoms with Crippen molar-refractivity contribution in [2.45, 2.75) is 5.03 Å². The van der Waals surface area contributed by atoms with E-state index in [1.165, 1.54) is 11.8 Å². The van der Waals surface area contributed by atoms with Crippen LogP contribution in [0.15, 0.2) is 27.8 Å². The zero-order valence-electron chi connectivity index (χ0n) is 6.25. The van der Waals surface area contributed by atoms with Gasteiger partial charge in [0.1, 0.15) is 10.9 Å². The lowest BCUT2D eigenvalue weighted by molar-refractivity contribution is 1.11. The van der Waals surface area contributed by atoms with Gasteiger partial charge >= 0.3 is 0 Å². The van der Waals surface area contributed by atoms with Crippen LogP contribution in [-0.2, 0) is 0 Å². The largest absolute Gasteiger partial charge is 0.387 e. The number of pyridine rings is 1. The van der Waals surface area contributed by atoms with E-state index in [9.17, 15) is 0 Å². The molecule has 5 heteroatoms. The fourth-order valence-corrected chi connectivity index (χ4v) is 1.86. The van der Waals surface area contributed by atoms with Gasteiger partial charge in [0.05, 0.1) is 5.75 Å². The number of hydrogen-bond donors (Lipinski definition) is 2. The van der Waals surface area contributed by atoms with Crippen LogP contribution >= 0.6 is 27.7 Å². The molecular formula is C7H8BrN3S. The minimum absolute atomic E-state index is 0.164. The molecule has 64 valence electrons. The second kappa shape index (κ2) is 4.47. The van der Waals surface area contributed by atoms with E-state index in [1.807, 2.05) is 12.1 Å². The highest BCUT2D eigenvalue weighted by atomic mass is 79.9. The number of hydrogen-bond acceptors (Lipinski definition) is 3. The van der Waals surface area contributed by atoms with Crippen molar-refractivity contribution < 1.29 is 0 Å². The Bertz CT molecular complexity index is 290. The molecule has 0 unspecified atom stereocenters. The number of aromatic nitrogens is 1. The molecule has 1 aromatic heterocycles. The molecule has 3 N–H and O–H groups in total. The first-order valence-corrected chi connectivity index (χ1v) is 5.04. The summed E-state index contributed by atoms with van der Waals surface area (Å²) in [7, 11) is 0. The number of nitrogens with one attached hydrogen (secondary N) is 1. The van der Waals surface area contributed by atoms with E-state index >= 15 is 0 Å². The van der Waals surface area contributed by atoms with Crippen molar-refractivity contribution in [2.75, 3.05) is 5.75 Å². The summed E-state index contributed by atoms with van der Waals surface area (Å²) in [5.41, 5.74) is 5.21.